The molecule has 0 spiro atoms. The molecule has 1 aliphatic rings. The molecule has 0 aliphatic carbocycles. The van der Waals surface area contributed by atoms with E-state index in [2.05, 4.69) is 15.9 Å². The van der Waals surface area contributed by atoms with Gasteiger partial charge in [-0.25, -0.2) is 8.78 Å². The molecule has 2 aromatic carbocycles. The Balaban J connectivity index is 1.85. The third kappa shape index (κ3) is 2.87. The Morgan fingerprint density at radius 1 is 1.19 bits per heavy atom. The second-order valence-corrected chi connectivity index (χ2v) is 5.55. The summed E-state index contributed by atoms with van der Waals surface area (Å²) < 4.78 is 37.7. The van der Waals surface area contributed by atoms with Crippen molar-refractivity contribution in [1.82, 2.24) is 0 Å². The largest absolute Gasteiger partial charge is 0.454 e. The van der Waals surface area contributed by atoms with Gasteiger partial charge in [0.15, 0.2) is 11.5 Å². The maximum absolute atomic E-state index is 13.6. The zero-order chi connectivity index (χ0) is 15.0. The smallest absolute Gasteiger partial charge is 0.231 e. The second-order valence-electron chi connectivity index (χ2n) is 4.69. The van der Waals surface area contributed by atoms with E-state index in [9.17, 15) is 13.9 Å². The molecule has 0 saturated carbocycles. The van der Waals surface area contributed by atoms with Crippen LogP contribution in [0.1, 0.15) is 17.2 Å². The number of aliphatic hydroxyl groups is 1. The molecule has 3 nitrogen and oxygen atoms in total. The number of ether oxygens (including phenoxy) is 2. The number of fused-ring (bicyclic) bond motifs is 1. The second kappa shape index (κ2) is 5.61. The molecule has 21 heavy (non-hydrogen) atoms. The lowest BCUT2D eigenvalue weighted by atomic mass is 10.0. The molecular formula is C15H11BrF2O3. The summed E-state index contributed by atoms with van der Waals surface area (Å²) in [6, 6.07) is 6.65. The summed E-state index contributed by atoms with van der Waals surface area (Å²) in [4.78, 5) is 0. The fourth-order valence-electron chi connectivity index (χ4n) is 2.19. The van der Waals surface area contributed by atoms with Crippen LogP contribution in [0.4, 0.5) is 8.78 Å². The molecule has 2 aromatic rings. The summed E-state index contributed by atoms with van der Waals surface area (Å²) in [6.45, 7) is 0.125. The average molecular weight is 357 g/mol. The molecule has 0 bridgehead atoms. The minimum absolute atomic E-state index is 0.0399. The lowest BCUT2D eigenvalue weighted by Crippen LogP contribution is -2.04. The molecule has 1 unspecified atom stereocenters. The Kier molecular flexibility index (Phi) is 3.82. The van der Waals surface area contributed by atoms with Gasteiger partial charge >= 0.3 is 0 Å². The van der Waals surface area contributed by atoms with Gasteiger partial charge in [0, 0.05) is 12.5 Å². The predicted octanol–water partition coefficient (Wildman–Crippen LogP) is 3.73. The molecule has 0 aromatic heterocycles. The van der Waals surface area contributed by atoms with Crippen molar-refractivity contribution < 1.29 is 23.4 Å². The number of benzene rings is 2. The van der Waals surface area contributed by atoms with Gasteiger partial charge in [-0.3, -0.25) is 0 Å². The molecule has 0 fully saturated rings. The Morgan fingerprint density at radius 3 is 2.76 bits per heavy atom. The van der Waals surface area contributed by atoms with E-state index in [1.54, 1.807) is 12.1 Å². The Hall–Kier alpha value is -1.66. The van der Waals surface area contributed by atoms with Crippen LogP contribution >= 0.6 is 15.9 Å². The van der Waals surface area contributed by atoms with Crippen molar-refractivity contribution in [3.8, 4) is 11.5 Å². The highest BCUT2D eigenvalue weighted by atomic mass is 79.9. The predicted molar refractivity (Wildman–Crippen MR) is 75.3 cm³/mol. The number of hydrogen-bond donors (Lipinski definition) is 1. The summed E-state index contributed by atoms with van der Waals surface area (Å²) in [5.41, 5.74) is 0.813. The molecular weight excluding hydrogens is 346 g/mol. The lowest BCUT2D eigenvalue weighted by Gasteiger charge is -2.13. The molecule has 1 aliphatic heterocycles. The number of halogens is 3. The molecule has 0 radical (unpaired) electrons. The first-order valence-corrected chi connectivity index (χ1v) is 7.05. The first kappa shape index (κ1) is 14.3. The van der Waals surface area contributed by atoms with Gasteiger partial charge in [-0.05, 0) is 45.3 Å². The third-order valence-corrected chi connectivity index (χ3v) is 3.85. The van der Waals surface area contributed by atoms with E-state index < -0.39 is 17.7 Å². The highest BCUT2D eigenvalue weighted by Gasteiger charge is 2.21. The van der Waals surface area contributed by atoms with Gasteiger partial charge < -0.3 is 14.6 Å². The summed E-state index contributed by atoms with van der Waals surface area (Å²) in [5, 5.41) is 10.2. The summed E-state index contributed by atoms with van der Waals surface area (Å²) in [6.07, 6.45) is -0.895. The molecule has 110 valence electrons. The fraction of sp³-hybridized carbons (Fsp3) is 0.200. The van der Waals surface area contributed by atoms with Crippen molar-refractivity contribution in [2.24, 2.45) is 0 Å². The molecule has 0 saturated heterocycles. The van der Waals surface area contributed by atoms with E-state index in [0.29, 0.717) is 21.5 Å². The monoisotopic (exact) mass is 356 g/mol. The van der Waals surface area contributed by atoms with E-state index in [-0.39, 0.29) is 18.8 Å². The van der Waals surface area contributed by atoms with E-state index >= 15 is 0 Å². The first-order valence-electron chi connectivity index (χ1n) is 6.25. The van der Waals surface area contributed by atoms with Crippen LogP contribution in [0.15, 0.2) is 34.8 Å². The Morgan fingerprint density at radius 2 is 2.00 bits per heavy atom. The zero-order valence-electron chi connectivity index (χ0n) is 10.8. The van der Waals surface area contributed by atoms with Crippen LogP contribution in [-0.4, -0.2) is 11.9 Å². The number of rotatable bonds is 3. The van der Waals surface area contributed by atoms with Crippen molar-refractivity contribution in [2.45, 2.75) is 12.5 Å². The van der Waals surface area contributed by atoms with Crippen LogP contribution in [0.25, 0.3) is 0 Å². The van der Waals surface area contributed by atoms with E-state index in [0.717, 1.165) is 6.07 Å². The maximum Gasteiger partial charge on any atom is 0.231 e. The van der Waals surface area contributed by atoms with E-state index in [4.69, 9.17) is 9.47 Å². The van der Waals surface area contributed by atoms with Gasteiger partial charge in [0.1, 0.15) is 11.6 Å². The maximum atomic E-state index is 13.6. The van der Waals surface area contributed by atoms with Crippen molar-refractivity contribution in [2.75, 3.05) is 6.79 Å². The fourth-order valence-corrected chi connectivity index (χ4v) is 2.77. The van der Waals surface area contributed by atoms with Crippen LogP contribution in [0.5, 0.6) is 11.5 Å². The van der Waals surface area contributed by atoms with Gasteiger partial charge in [0.2, 0.25) is 6.79 Å². The molecule has 0 amide bonds. The highest BCUT2D eigenvalue weighted by Crippen LogP contribution is 2.41. The van der Waals surface area contributed by atoms with Gasteiger partial charge in [0.05, 0.1) is 10.6 Å². The first-order chi connectivity index (χ1) is 10.0. The van der Waals surface area contributed by atoms with Crippen LogP contribution in [0.3, 0.4) is 0 Å². The Bertz CT molecular complexity index is 691. The van der Waals surface area contributed by atoms with Crippen molar-refractivity contribution in [3.05, 3.63) is 57.6 Å². The quantitative estimate of drug-likeness (QED) is 0.910. The lowest BCUT2D eigenvalue weighted by molar-refractivity contribution is 0.171. The van der Waals surface area contributed by atoms with Gasteiger partial charge in [0.25, 0.3) is 0 Å². The molecule has 3 rings (SSSR count). The van der Waals surface area contributed by atoms with Gasteiger partial charge in [-0.15, -0.1) is 0 Å². The summed E-state index contributed by atoms with van der Waals surface area (Å²) >= 11 is 3.34. The Labute approximate surface area is 128 Å². The van der Waals surface area contributed by atoms with Crippen LogP contribution in [0, 0.1) is 11.6 Å². The minimum atomic E-state index is -0.934. The van der Waals surface area contributed by atoms with Crippen LogP contribution in [-0.2, 0) is 6.42 Å². The molecule has 1 N–H and O–H groups in total. The minimum Gasteiger partial charge on any atom is -0.454 e. The van der Waals surface area contributed by atoms with Crippen LogP contribution in [0.2, 0.25) is 0 Å². The highest BCUT2D eigenvalue weighted by molar-refractivity contribution is 9.10. The SMILES string of the molecule is OC(Cc1ccc(F)cc1F)c1cc(Br)c2c(c1)OCO2. The van der Waals surface area contributed by atoms with Crippen molar-refractivity contribution in [1.29, 1.82) is 0 Å². The standard InChI is InChI=1S/C15H11BrF2O3/c16-11-3-9(5-14-15(11)21-7-20-14)13(19)4-8-1-2-10(17)6-12(8)18/h1-3,5-6,13,19H,4,7H2. The zero-order valence-corrected chi connectivity index (χ0v) is 12.4. The van der Waals surface area contributed by atoms with E-state index in [1.807, 2.05) is 0 Å². The number of aliphatic hydroxyl groups excluding tert-OH is 1. The molecule has 1 heterocycles. The summed E-state index contributed by atoms with van der Waals surface area (Å²) in [7, 11) is 0. The van der Waals surface area contributed by atoms with Gasteiger partial charge in [-0.2, -0.15) is 0 Å². The normalized spacial score (nSPS) is 14.3. The number of hydrogen-bond acceptors (Lipinski definition) is 3. The molecule has 1 atom stereocenters. The average Bonchev–Trinajstić information content (AvgIpc) is 2.90. The van der Waals surface area contributed by atoms with E-state index in [1.165, 1.54) is 12.1 Å². The topological polar surface area (TPSA) is 38.7 Å². The van der Waals surface area contributed by atoms with Crippen molar-refractivity contribution >= 4 is 15.9 Å². The molecule has 6 heteroatoms. The summed E-state index contributed by atoms with van der Waals surface area (Å²) in [5.74, 6) is -0.206. The van der Waals surface area contributed by atoms with Crippen molar-refractivity contribution in [3.63, 3.8) is 0 Å². The van der Waals surface area contributed by atoms with Gasteiger partial charge in [-0.1, -0.05) is 6.07 Å². The van der Waals surface area contributed by atoms with Crippen LogP contribution < -0.4 is 9.47 Å². The third-order valence-electron chi connectivity index (χ3n) is 3.26.